The topological polar surface area (TPSA) is 156 Å². The predicted octanol–water partition coefficient (Wildman–Crippen LogP) is 4.22. The van der Waals surface area contributed by atoms with Crippen molar-refractivity contribution < 1.29 is 53.0 Å². The van der Waals surface area contributed by atoms with Gasteiger partial charge >= 0.3 is 11.9 Å². The molecule has 0 aromatic heterocycles. The van der Waals surface area contributed by atoms with Crippen molar-refractivity contribution >= 4 is 48.5 Å². The first-order chi connectivity index (χ1) is 23.0. The summed E-state index contributed by atoms with van der Waals surface area (Å²) in [6.45, 7) is 20.5. The van der Waals surface area contributed by atoms with E-state index < -0.39 is 29.4 Å². The molecule has 2 saturated carbocycles. The molecule has 0 amide bonds. The summed E-state index contributed by atoms with van der Waals surface area (Å²) in [4.78, 5) is 39.1. The first-order valence-electron chi connectivity index (χ1n) is 16.9. The Morgan fingerprint density at radius 1 is 0.837 bits per heavy atom. The number of esters is 2. The van der Waals surface area contributed by atoms with Crippen molar-refractivity contribution in [1.82, 2.24) is 0 Å². The number of hydrogen-bond donors (Lipinski definition) is 2. The number of aliphatic hydroxyl groups is 2. The number of rotatable bonds is 7. The Morgan fingerprint density at radius 2 is 1.35 bits per heavy atom. The Balaban J connectivity index is 0.000000177. The molecular weight excluding hydrogens is 772 g/mol. The molecule has 2 aliphatic carbocycles. The summed E-state index contributed by atoms with van der Waals surface area (Å²) < 4.78 is 34.2. The third kappa shape index (κ3) is 9.60. The maximum absolute atomic E-state index is 11.3. The number of carbonyl (C=O) groups excluding carboxylic acids is 3. The summed E-state index contributed by atoms with van der Waals surface area (Å²) in [6, 6.07) is 0. The summed E-state index contributed by atoms with van der Waals surface area (Å²) in [5.41, 5.74) is -1.74. The Kier molecular flexibility index (Phi) is 13.7. The highest BCUT2D eigenvalue weighted by Gasteiger charge is 2.61. The number of halogens is 2. The van der Waals surface area contributed by atoms with Crippen molar-refractivity contribution in [1.29, 1.82) is 0 Å². The van der Waals surface area contributed by atoms with Crippen LogP contribution in [0.4, 0.5) is 0 Å². The van der Waals surface area contributed by atoms with Crippen LogP contribution in [-0.2, 0) is 42.8 Å². The van der Waals surface area contributed by atoms with Crippen LogP contribution in [0.2, 0.25) is 0 Å². The van der Waals surface area contributed by atoms with Gasteiger partial charge in [0.05, 0.1) is 58.8 Å². The fourth-order valence-electron chi connectivity index (χ4n) is 7.96. The van der Waals surface area contributed by atoms with Crippen LogP contribution in [0.3, 0.4) is 0 Å². The average molecular weight is 821 g/mol. The first kappa shape index (κ1) is 40.1. The molecule has 6 rings (SSSR count). The largest absolute Gasteiger partial charge is 0.459 e. The van der Waals surface area contributed by atoms with Crippen LogP contribution in [-0.4, -0.2) is 116 Å². The van der Waals surface area contributed by atoms with Gasteiger partial charge in [-0.2, -0.15) is 0 Å². The second-order valence-corrected chi connectivity index (χ2v) is 16.2. The molecule has 4 heterocycles. The maximum Gasteiger partial charge on any atom is 0.303 e. The third-order valence-corrected chi connectivity index (χ3v) is 11.9. The maximum atomic E-state index is 11.3. The van der Waals surface area contributed by atoms with Gasteiger partial charge in [0.15, 0.2) is 5.60 Å². The van der Waals surface area contributed by atoms with Gasteiger partial charge in [-0.3, -0.25) is 14.4 Å². The number of aliphatic hydroxyl groups excluding tert-OH is 2. The van der Waals surface area contributed by atoms with E-state index in [0.29, 0.717) is 25.9 Å². The molecule has 0 radical (unpaired) electrons. The molecule has 0 aromatic rings. The van der Waals surface area contributed by atoms with E-state index in [2.05, 4.69) is 46.3 Å². The Labute approximate surface area is 304 Å². The van der Waals surface area contributed by atoms with Gasteiger partial charge in [0, 0.05) is 46.0 Å². The summed E-state index contributed by atoms with van der Waals surface area (Å²) in [6.07, 6.45) is 6.14. The molecule has 6 aliphatic rings. The predicted molar refractivity (Wildman–Crippen MR) is 182 cm³/mol. The molecule has 0 aromatic carbocycles. The zero-order chi connectivity index (χ0) is 36.1. The smallest absolute Gasteiger partial charge is 0.303 e. The normalized spacial score (nSPS) is 40.0. The molecule has 4 saturated heterocycles. The highest BCUT2D eigenvalue weighted by Crippen LogP contribution is 2.52. The van der Waals surface area contributed by atoms with Gasteiger partial charge in [-0.15, -0.1) is 0 Å². The Hall–Kier alpha value is -1.69. The van der Waals surface area contributed by atoms with Crippen molar-refractivity contribution in [2.45, 2.75) is 168 Å². The second kappa shape index (κ2) is 16.8. The van der Waals surface area contributed by atoms with Gasteiger partial charge in [0.2, 0.25) is 17.8 Å². The third-order valence-electron chi connectivity index (χ3n) is 10.1. The van der Waals surface area contributed by atoms with Crippen molar-refractivity contribution in [3.05, 3.63) is 22.8 Å². The van der Waals surface area contributed by atoms with E-state index in [1.165, 1.54) is 27.7 Å². The SMILES string of the molecule is CC(=O)OC(C)(C)C(=O)Br.[C-]#[N+]CC[C@H]1CC[C@@H]2O[C@@H]3C[C@]2(C[C@@H](O)C3O)O1.[C-]#[N+]CC[C@H]1CC[C@@H]2O[C@@H]3C[C@]2(C[C@H](Br)[C@H]3OC(C)=O)O1. The monoisotopic (exact) mass is 818 g/mol. The summed E-state index contributed by atoms with van der Waals surface area (Å²) in [7, 11) is 0. The lowest BCUT2D eigenvalue weighted by molar-refractivity contribution is -0.177. The number of fused-ring (bicyclic) bond motifs is 2. The Bertz CT molecular complexity index is 1290. The summed E-state index contributed by atoms with van der Waals surface area (Å²) in [5, 5.41) is 19.7. The standard InChI is InChI=1S/C15H20BrNO4.C13H19NO4.C6H9BrO3/c1-9(18)19-14-11(16)7-15-8-12(14)20-13(15)4-3-10(21-15)5-6-17-2;1-14-5-4-8-2-3-11-13(18-8)6-9(15)12(16)10(7-13)17-11;1-4(8)10-6(2,3)5(7)9/h10-14H,3-8H2,1H3;8-12,15-16H,2-7H2;1-3H3/t10-,11+,12-,13+,14-,15+;8-,9-,10-,11+,12?,13+;/m11./s1. The number of hydrogen-bond acceptors (Lipinski definition) is 11. The zero-order valence-corrected chi connectivity index (χ0v) is 31.6. The first-order valence-corrected chi connectivity index (χ1v) is 18.7. The molecule has 2 spiro atoms. The molecule has 274 valence electrons. The van der Waals surface area contributed by atoms with E-state index in [0.717, 1.165) is 51.4 Å². The van der Waals surface area contributed by atoms with Gasteiger partial charge in [-0.05, 0) is 61.9 Å². The molecule has 13 nitrogen and oxygen atoms in total. The van der Waals surface area contributed by atoms with Gasteiger partial charge in [0.1, 0.15) is 12.2 Å². The van der Waals surface area contributed by atoms with Crippen LogP contribution >= 0.6 is 31.9 Å². The molecule has 4 bridgehead atoms. The number of carbonyl (C=O) groups is 3. The van der Waals surface area contributed by atoms with Crippen LogP contribution in [0.25, 0.3) is 9.69 Å². The molecule has 2 N–H and O–H groups in total. The molecule has 6 fully saturated rings. The number of nitrogens with zero attached hydrogens (tertiary/aromatic N) is 2. The minimum Gasteiger partial charge on any atom is -0.459 e. The van der Waals surface area contributed by atoms with Crippen LogP contribution in [0.1, 0.15) is 91.9 Å². The van der Waals surface area contributed by atoms with Crippen LogP contribution in [0.15, 0.2) is 0 Å². The fraction of sp³-hybridized carbons (Fsp3) is 0.853. The van der Waals surface area contributed by atoms with Crippen molar-refractivity contribution in [3.63, 3.8) is 0 Å². The average Bonchev–Trinajstić information content (AvgIpc) is 3.52. The highest BCUT2D eigenvalue weighted by molar-refractivity contribution is 9.18. The van der Waals surface area contributed by atoms with E-state index in [9.17, 15) is 24.6 Å². The highest BCUT2D eigenvalue weighted by atomic mass is 79.9. The minimum absolute atomic E-state index is 0.00140. The fourth-order valence-corrected chi connectivity index (χ4v) is 9.04. The van der Waals surface area contributed by atoms with Gasteiger partial charge in [0.25, 0.3) is 0 Å². The van der Waals surface area contributed by atoms with Crippen LogP contribution in [0.5, 0.6) is 0 Å². The van der Waals surface area contributed by atoms with Gasteiger partial charge in [-0.1, -0.05) is 15.9 Å². The van der Waals surface area contributed by atoms with E-state index in [-0.39, 0.29) is 63.8 Å². The van der Waals surface area contributed by atoms with Crippen molar-refractivity contribution in [3.8, 4) is 0 Å². The van der Waals surface area contributed by atoms with E-state index in [1.54, 1.807) is 0 Å². The number of ether oxygens (including phenoxy) is 6. The van der Waals surface area contributed by atoms with E-state index in [1.807, 2.05) is 0 Å². The molecule has 49 heavy (non-hydrogen) atoms. The Morgan fingerprint density at radius 3 is 1.82 bits per heavy atom. The van der Waals surface area contributed by atoms with Crippen molar-refractivity contribution in [2.75, 3.05) is 13.1 Å². The lowest BCUT2D eigenvalue weighted by Gasteiger charge is -2.44. The van der Waals surface area contributed by atoms with E-state index >= 15 is 0 Å². The van der Waals surface area contributed by atoms with Crippen LogP contribution in [0, 0.1) is 13.1 Å². The summed E-state index contributed by atoms with van der Waals surface area (Å²) >= 11 is 6.36. The molecular formula is C34H48Br2N2O11. The molecule has 4 aliphatic heterocycles. The lowest BCUT2D eigenvalue weighted by Crippen LogP contribution is -2.54. The molecule has 15 heteroatoms. The van der Waals surface area contributed by atoms with Gasteiger partial charge in [-0.25, -0.2) is 13.1 Å². The quantitative estimate of drug-likeness (QED) is 0.164. The van der Waals surface area contributed by atoms with E-state index in [4.69, 9.17) is 36.8 Å². The van der Waals surface area contributed by atoms with Crippen molar-refractivity contribution in [2.24, 2.45) is 0 Å². The molecule has 12 atom stereocenters. The minimum atomic E-state index is -1.05. The van der Waals surface area contributed by atoms with Gasteiger partial charge < -0.3 is 48.3 Å². The second-order valence-electron chi connectivity index (χ2n) is 14.3. The lowest BCUT2D eigenvalue weighted by atomic mass is 9.76. The molecule has 1 unspecified atom stereocenters. The summed E-state index contributed by atoms with van der Waals surface area (Å²) in [5.74, 6) is -0.729. The number of alkyl halides is 1. The zero-order valence-electron chi connectivity index (χ0n) is 28.5. The van der Waals surface area contributed by atoms with Crippen LogP contribution < -0.4 is 0 Å².